The van der Waals surface area contributed by atoms with E-state index >= 15 is 0 Å². The van der Waals surface area contributed by atoms with Gasteiger partial charge in [-0.2, -0.15) is 0 Å². The molecule has 1 fully saturated rings. The quantitative estimate of drug-likeness (QED) is 0.892. The lowest BCUT2D eigenvalue weighted by atomic mass is 10.2. The molecule has 0 saturated carbocycles. The maximum absolute atomic E-state index is 12.2. The van der Waals surface area contributed by atoms with Crippen LogP contribution < -0.4 is 5.32 Å². The van der Waals surface area contributed by atoms with E-state index in [1.165, 1.54) is 4.88 Å². The number of ether oxygens (including phenoxy) is 2. The van der Waals surface area contributed by atoms with Crippen LogP contribution in [0.25, 0.3) is 0 Å². The Balaban J connectivity index is 1.50. The number of likely N-dealkylation sites (N-methyl/N-ethyl adjacent to an activating group) is 1. The maximum atomic E-state index is 12.2. The third-order valence-corrected chi connectivity index (χ3v) is 5.08. The van der Waals surface area contributed by atoms with Gasteiger partial charge in [-0.15, -0.1) is 11.3 Å². The highest BCUT2D eigenvalue weighted by molar-refractivity contribution is 7.15. The van der Waals surface area contributed by atoms with Crippen molar-refractivity contribution in [3.05, 3.63) is 10.6 Å². The van der Waals surface area contributed by atoms with Crippen LogP contribution in [0.1, 0.15) is 30.3 Å². The standard InChI is InChI=1S/C15H23N3O3S/c1-10(21-9-11-4-3-7-20-11)14(19)17-15-16-12-5-6-18(2)8-13(12)22-15/h10-11H,3-9H2,1-2H3,(H,16,17,19)/t10-,11+/m1/s1. The number of rotatable bonds is 5. The topological polar surface area (TPSA) is 63.7 Å². The summed E-state index contributed by atoms with van der Waals surface area (Å²) in [6.07, 6.45) is 2.68. The number of hydrogen-bond donors (Lipinski definition) is 1. The van der Waals surface area contributed by atoms with Crippen LogP contribution in [0.4, 0.5) is 5.13 Å². The van der Waals surface area contributed by atoms with Crippen molar-refractivity contribution in [1.82, 2.24) is 9.88 Å². The van der Waals surface area contributed by atoms with E-state index < -0.39 is 6.10 Å². The molecule has 7 heteroatoms. The van der Waals surface area contributed by atoms with E-state index in [0.29, 0.717) is 11.7 Å². The Hall–Kier alpha value is -1.02. The predicted octanol–water partition coefficient (Wildman–Crippen LogP) is 1.65. The first kappa shape index (κ1) is 15.9. The van der Waals surface area contributed by atoms with Crippen LogP contribution in [-0.4, -0.2) is 54.8 Å². The molecule has 1 saturated heterocycles. The minimum atomic E-state index is -0.493. The minimum absolute atomic E-state index is 0.137. The van der Waals surface area contributed by atoms with E-state index in [2.05, 4.69) is 22.2 Å². The Morgan fingerprint density at radius 3 is 3.27 bits per heavy atom. The summed E-state index contributed by atoms with van der Waals surface area (Å²) in [7, 11) is 2.10. The number of carbonyl (C=O) groups is 1. The highest BCUT2D eigenvalue weighted by Gasteiger charge is 2.22. The normalized spacial score (nSPS) is 23.3. The summed E-state index contributed by atoms with van der Waals surface area (Å²) in [5.74, 6) is -0.141. The van der Waals surface area contributed by atoms with Crippen LogP contribution in [0.2, 0.25) is 0 Å². The second-order valence-corrected chi connectivity index (χ2v) is 7.06. The van der Waals surface area contributed by atoms with E-state index in [-0.39, 0.29) is 12.0 Å². The van der Waals surface area contributed by atoms with Gasteiger partial charge in [0.05, 0.1) is 18.4 Å². The van der Waals surface area contributed by atoms with Gasteiger partial charge in [0.1, 0.15) is 6.10 Å². The van der Waals surface area contributed by atoms with E-state index in [1.54, 1.807) is 18.3 Å². The first-order valence-corrected chi connectivity index (χ1v) is 8.64. The molecule has 2 atom stereocenters. The molecule has 1 amide bonds. The van der Waals surface area contributed by atoms with Gasteiger partial charge in [-0.05, 0) is 26.8 Å². The lowest BCUT2D eigenvalue weighted by Gasteiger charge is -2.20. The molecule has 0 spiro atoms. The molecule has 0 radical (unpaired) electrons. The third-order valence-electron chi connectivity index (χ3n) is 4.08. The van der Waals surface area contributed by atoms with Crippen molar-refractivity contribution < 1.29 is 14.3 Å². The molecule has 0 aliphatic carbocycles. The molecule has 22 heavy (non-hydrogen) atoms. The third kappa shape index (κ3) is 3.84. The SMILES string of the molecule is C[C@@H](OC[C@@H]1CCCO1)C(=O)Nc1nc2c(s1)CN(C)CC2. The van der Waals surface area contributed by atoms with Gasteiger partial charge in [0, 0.05) is 31.0 Å². The van der Waals surface area contributed by atoms with Gasteiger partial charge in [-0.3, -0.25) is 10.1 Å². The van der Waals surface area contributed by atoms with Crippen LogP contribution in [-0.2, 0) is 27.2 Å². The Morgan fingerprint density at radius 2 is 2.50 bits per heavy atom. The predicted molar refractivity (Wildman–Crippen MR) is 85.2 cm³/mol. The minimum Gasteiger partial charge on any atom is -0.376 e. The van der Waals surface area contributed by atoms with E-state index in [4.69, 9.17) is 9.47 Å². The van der Waals surface area contributed by atoms with Crippen molar-refractivity contribution in [2.75, 3.05) is 32.1 Å². The van der Waals surface area contributed by atoms with Crippen LogP contribution in [0.15, 0.2) is 0 Å². The number of aromatic nitrogens is 1. The van der Waals surface area contributed by atoms with E-state index in [1.807, 2.05) is 0 Å². The lowest BCUT2D eigenvalue weighted by molar-refractivity contribution is -0.128. The van der Waals surface area contributed by atoms with Crippen LogP contribution in [0, 0.1) is 0 Å². The van der Waals surface area contributed by atoms with Gasteiger partial charge in [0.15, 0.2) is 5.13 Å². The maximum Gasteiger partial charge on any atom is 0.254 e. The Bertz CT molecular complexity index is 528. The van der Waals surface area contributed by atoms with Crippen LogP contribution in [0.5, 0.6) is 0 Å². The molecule has 0 aromatic carbocycles. The fraction of sp³-hybridized carbons (Fsp3) is 0.733. The van der Waals surface area contributed by atoms with Crippen LogP contribution >= 0.6 is 11.3 Å². The molecule has 6 nitrogen and oxygen atoms in total. The Kier molecular flexibility index (Phi) is 5.07. The number of nitrogens with one attached hydrogen (secondary N) is 1. The summed E-state index contributed by atoms with van der Waals surface area (Å²) in [6.45, 7) is 4.98. The van der Waals surface area contributed by atoms with Crippen LogP contribution in [0.3, 0.4) is 0 Å². The molecule has 0 bridgehead atoms. The molecule has 1 aromatic heterocycles. The molecule has 1 aromatic rings. The number of hydrogen-bond acceptors (Lipinski definition) is 6. The van der Waals surface area contributed by atoms with Crippen molar-refractivity contribution in [3.63, 3.8) is 0 Å². The summed E-state index contributed by atoms with van der Waals surface area (Å²) in [4.78, 5) is 20.2. The first-order chi connectivity index (χ1) is 10.6. The fourth-order valence-electron chi connectivity index (χ4n) is 2.69. The molecule has 3 rings (SSSR count). The number of amides is 1. The second-order valence-electron chi connectivity index (χ2n) is 5.98. The number of fused-ring (bicyclic) bond motifs is 1. The second kappa shape index (κ2) is 7.04. The van der Waals surface area contributed by atoms with E-state index in [0.717, 1.165) is 44.7 Å². The van der Waals surface area contributed by atoms with E-state index in [9.17, 15) is 4.79 Å². The average Bonchev–Trinajstić information content (AvgIpc) is 3.12. The van der Waals surface area contributed by atoms with Gasteiger partial charge in [0.2, 0.25) is 0 Å². The Labute approximate surface area is 134 Å². The Morgan fingerprint density at radius 1 is 1.64 bits per heavy atom. The molecule has 3 heterocycles. The summed E-state index contributed by atoms with van der Waals surface area (Å²) in [6, 6.07) is 0. The molecular weight excluding hydrogens is 302 g/mol. The lowest BCUT2D eigenvalue weighted by Crippen LogP contribution is -2.30. The smallest absolute Gasteiger partial charge is 0.254 e. The average molecular weight is 325 g/mol. The monoisotopic (exact) mass is 325 g/mol. The van der Waals surface area contributed by atoms with Gasteiger partial charge >= 0.3 is 0 Å². The van der Waals surface area contributed by atoms with Crippen molar-refractivity contribution in [2.24, 2.45) is 0 Å². The molecule has 2 aliphatic heterocycles. The largest absolute Gasteiger partial charge is 0.376 e. The highest BCUT2D eigenvalue weighted by Crippen LogP contribution is 2.27. The van der Waals surface area contributed by atoms with Gasteiger partial charge in [0.25, 0.3) is 5.91 Å². The summed E-state index contributed by atoms with van der Waals surface area (Å²) in [5, 5.41) is 3.55. The van der Waals surface area contributed by atoms with Crippen molar-refractivity contribution >= 4 is 22.4 Å². The highest BCUT2D eigenvalue weighted by atomic mass is 32.1. The number of carbonyl (C=O) groups excluding carboxylic acids is 1. The van der Waals surface area contributed by atoms with Crippen molar-refractivity contribution in [1.29, 1.82) is 0 Å². The zero-order valence-electron chi connectivity index (χ0n) is 13.1. The summed E-state index contributed by atoms with van der Waals surface area (Å²) in [5.41, 5.74) is 1.12. The van der Waals surface area contributed by atoms with Gasteiger partial charge in [-0.25, -0.2) is 4.98 Å². The molecule has 1 N–H and O–H groups in total. The molecule has 122 valence electrons. The summed E-state index contributed by atoms with van der Waals surface area (Å²) < 4.78 is 11.1. The number of thiazole rings is 1. The van der Waals surface area contributed by atoms with Crippen molar-refractivity contribution in [2.45, 2.75) is 44.9 Å². The number of anilines is 1. The van der Waals surface area contributed by atoms with Gasteiger partial charge < -0.3 is 14.4 Å². The van der Waals surface area contributed by atoms with Crippen molar-refractivity contribution in [3.8, 4) is 0 Å². The molecule has 2 aliphatic rings. The first-order valence-electron chi connectivity index (χ1n) is 7.83. The number of nitrogens with zero attached hydrogens (tertiary/aromatic N) is 2. The summed E-state index contributed by atoms with van der Waals surface area (Å²) >= 11 is 1.56. The zero-order chi connectivity index (χ0) is 15.5. The molecular formula is C15H23N3O3S. The fourth-order valence-corrected chi connectivity index (χ4v) is 3.78. The molecule has 0 unspecified atom stereocenters. The zero-order valence-corrected chi connectivity index (χ0v) is 13.9. The van der Waals surface area contributed by atoms with Gasteiger partial charge in [-0.1, -0.05) is 0 Å².